The molecular weight excluding hydrogens is 218 g/mol. The van der Waals surface area contributed by atoms with Crippen molar-refractivity contribution in [1.29, 1.82) is 0 Å². The van der Waals surface area contributed by atoms with Gasteiger partial charge in [0.25, 0.3) is 5.92 Å². The van der Waals surface area contributed by atoms with Crippen LogP contribution in [0.4, 0.5) is 8.78 Å². The summed E-state index contributed by atoms with van der Waals surface area (Å²) in [4.78, 5) is 4.98. The number of alkyl halides is 2. The van der Waals surface area contributed by atoms with Crippen molar-refractivity contribution in [2.45, 2.75) is 36.5 Å². The minimum Gasteiger partial charge on any atom is -0.329 e. The highest BCUT2D eigenvalue weighted by Gasteiger charge is 2.72. The van der Waals surface area contributed by atoms with E-state index in [0.29, 0.717) is 5.92 Å². The minimum atomic E-state index is -2.61. The van der Waals surface area contributed by atoms with Gasteiger partial charge in [-0.2, -0.15) is 0 Å². The van der Waals surface area contributed by atoms with Crippen LogP contribution in [0.5, 0.6) is 0 Å². The Hall–Kier alpha value is -0.550. The van der Waals surface area contributed by atoms with Gasteiger partial charge in [-0.15, -0.1) is 11.3 Å². The average molecular weight is 230 g/mol. The third-order valence-electron chi connectivity index (χ3n) is 3.44. The van der Waals surface area contributed by atoms with Crippen molar-refractivity contribution in [2.75, 3.05) is 6.54 Å². The third-order valence-corrected chi connectivity index (χ3v) is 4.49. The van der Waals surface area contributed by atoms with E-state index >= 15 is 0 Å². The van der Waals surface area contributed by atoms with E-state index in [-0.39, 0.29) is 13.0 Å². The number of nitrogens with zero attached hydrogens (tertiary/aromatic N) is 1. The molecule has 0 amide bonds. The SMILES string of the molecule is NCC1(c2scnc2C2CC2)CC1(F)F. The number of halogens is 2. The summed E-state index contributed by atoms with van der Waals surface area (Å²) in [6.45, 7) is 0.0297. The first-order valence-corrected chi connectivity index (χ1v) is 6.00. The van der Waals surface area contributed by atoms with Gasteiger partial charge in [0.1, 0.15) is 0 Å². The molecule has 3 rings (SSSR count). The van der Waals surface area contributed by atoms with Gasteiger partial charge in [0.2, 0.25) is 0 Å². The lowest BCUT2D eigenvalue weighted by Crippen LogP contribution is -2.26. The highest BCUT2D eigenvalue weighted by Crippen LogP contribution is 2.63. The summed E-state index contributed by atoms with van der Waals surface area (Å²) >= 11 is 1.34. The van der Waals surface area contributed by atoms with E-state index in [1.54, 1.807) is 5.51 Å². The number of aromatic nitrogens is 1. The lowest BCUT2D eigenvalue weighted by molar-refractivity contribution is 0.0902. The number of nitrogens with two attached hydrogens (primary N) is 1. The maximum absolute atomic E-state index is 13.4. The molecule has 2 N–H and O–H groups in total. The van der Waals surface area contributed by atoms with Crippen LogP contribution in [-0.2, 0) is 5.41 Å². The van der Waals surface area contributed by atoms with Gasteiger partial charge >= 0.3 is 0 Å². The standard InChI is InChI=1S/C10H12F2N2S/c11-10(12)3-9(10,4-13)8-7(6-1-2-6)14-5-15-8/h5-6H,1-4,13H2. The van der Waals surface area contributed by atoms with Gasteiger partial charge in [0, 0.05) is 23.8 Å². The fourth-order valence-electron chi connectivity index (χ4n) is 2.16. The van der Waals surface area contributed by atoms with E-state index < -0.39 is 11.3 Å². The molecule has 5 heteroatoms. The maximum atomic E-state index is 13.4. The fourth-order valence-corrected chi connectivity index (χ4v) is 3.30. The van der Waals surface area contributed by atoms with Crippen molar-refractivity contribution < 1.29 is 8.78 Å². The molecule has 0 radical (unpaired) electrons. The topological polar surface area (TPSA) is 38.9 Å². The molecular formula is C10H12F2N2S. The molecule has 1 aromatic rings. The highest BCUT2D eigenvalue weighted by atomic mass is 32.1. The second-order valence-electron chi connectivity index (χ2n) is 4.51. The summed E-state index contributed by atoms with van der Waals surface area (Å²) in [5.74, 6) is -2.19. The number of rotatable bonds is 3. The molecule has 1 heterocycles. The van der Waals surface area contributed by atoms with Gasteiger partial charge in [-0.05, 0) is 12.8 Å². The Bertz CT molecular complexity index is 400. The van der Waals surface area contributed by atoms with Crippen LogP contribution in [-0.4, -0.2) is 17.5 Å². The highest BCUT2D eigenvalue weighted by molar-refractivity contribution is 7.10. The number of thiazole rings is 1. The average Bonchev–Trinajstić information content (AvgIpc) is 3.06. The number of hydrogen-bond acceptors (Lipinski definition) is 3. The minimum absolute atomic E-state index is 0.0297. The van der Waals surface area contributed by atoms with Crippen molar-refractivity contribution in [3.63, 3.8) is 0 Å². The first kappa shape index (κ1) is 9.66. The van der Waals surface area contributed by atoms with Gasteiger partial charge < -0.3 is 5.73 Å². The van der Waals surface area contributed by atoms with Crippen LogP contribution in [0.3, 0.4) is 0 Å². The predicted octanol–water partition coefficient (Wildman–Crippen LogP) is 2.26. The third kappa shape index (κ3) is 1.19. The molecule has 0 aromatic carbocycles. The second-order valence-corrected chi connectivity index (χ2v) is 5.36. The first-order valence-electron chi connectivity index (χ1n) is 5.12. The van der Waals surface area contributed by atoms with Crippen LogP contribution in [0, 0.1) is 0 Å². The van der Waals surface area contributed by atoms with E-state index in [1.165, 1.54) is 11.3 Å². The zero-order chi connectivity index (χ0) is 10.7. The molecule has 0 saturated heterocycles. The smallest absolute Gasteiger partial charge is 0.261 e. The molecule has 15 heavy (non-hydrogen) atoms. The zero-order valence-electron chi connectivity index (χ0n) is 8.17. The summed E-state index contributed by atoms with van der Waals surface area (Å²) in [6.07, 6.45) is 2.07. The van der Waals surface area contributed by atoms with Crippen LogP contribution >= 0.6 is 11.3 Å². The van der Waals surface area contributed by atoms with Crippen molar-refractivity contribution in [3.8, 4) is 0 Å². The van der Waals surface area contributed by atoms with Crippen molar-refractivity contribution in [3.05, 3.63) is 16.1 Å². The summed E-state index contributed by atoms with van der Waals surface area (Å²) in [5, 5.41) is 0. The number of hydrogen-bond donors (Lipinski definition) is 1. The van der Waals surface area contributed by atoms with E-state index in [9.17, 15) is 8.78 Å². The predicted molar refractivity (Wildman–Crippen MR) is 54.4 cm³/mol. The molecule has 2 fully saturated rings. The molecule has 0 aliphatic heterocycles. The summed E-state index contributed by atoms with van der Waals surface area (Å²) in [6, 6.07) is 0. The first-order chi connectivity index (χ1) is 7.11. The van der Waals surface area contributed by atoms with E-state index in [1.807, 2.05) is 0 Å². The van der Waals surface area contributed by atoms with Crippen LogP contribution in [0.25, 0.3) is 0 Å². The van der Waals surface area contributed by atoms with Crippen molar-refractivity contribution >= 4 is 11.3 Å². The molecule has 2 nitrogen and oxygen atoms in total. The van der Waals surface area contributed by atoms with Crippen molar-refractivity contribution in [1.82, 2.24) is 4.98 Å². The van der Waals surface area contributed by atoms with Gasteiger partial charge in [-0.1, -0.05) is 0 Å². The van der Waals surface area contributed by atoms with Crippen LogP contribution in [0.2, 0.25) is 0 Å². The Morgan fingerprint density at radius 3 is 2.67 bits per heavy atom. The second kappa shape index (κ2) is 2.77. The molecule has 1 unspecified atom stereocenters. The van der Waals surface area contributed by atoms with Crippen molar-refractivity contribution in [2.24, 2.45) is 5.73 Å². The quantitative estimate of drug-likeness (QED) is 0.865. The molecule has 2 aliphatic rings. The Labute approximate surface area is 90.5 Å². The molecule has 2 aliphatic carbocycles. The van der Waals surface area contributed by atoms with Gasteiger partial charge in [0.05, 0.1) is 16.6 Å². The molecule has 0 spiro atoms. The molecule has 1 atom stereocenters. The van der Waals surface area contributed by atoms with Crippen LogP contribution in [0.15, 0.2) is 5.51 Å². The van der Waals surface area contributed by atoms with E-state index in [4.69, 9.17) is 5.73 Å². The molecule has 2 saturated carbocycles. The largest absolute Gasteiger partial charge is 0.329 e. The Balaban J connectivity index is 2.01. The zero-order valence-corrected chi connectivity index (χ0v) is 8.99. The Kier molecular flexibility index (Phi) is 1.78. The van der Waals surface area contributed by atoms with Gasteiger partial charge in [-0.3, -0.25) is 0 Å². The monoisotopic (exact) mass is 230 g/mol. The van der Waals surface area contributed by atoms with Crippen LogP contribution < -0.4 is 5.73 Å². The lowest BCUT2D eigenvalue weighted by atomic mass is 10.0. The fraction of sp³-hybridized carbons (Fsp3) is 0.700. The summed E-state index contributed by atoms with van der Waals surface area (Å²) < 4.78 is 26.8. The summed E-state index contributed by atoms with van der Waals surface area (Å²) in [7, 11) is 0. The Morgan fingerprint density at radius 2 is 2.20 bits per heavy atom. The van der Waals surface area contributed by atoms with Crippen LogP contribution in [0.1, 0.15) is 35.8 Å². The van der Waals surface area contributed by atoms with E-state index in [0.717, 1.165) is 23.4 Å². The van der Waals surface area contributed by atoms with E-state index in [2.05, 4.69) is 4.98 Å². The normalized spacial score (nSPS) is 33.0. The summed E-state index contributed by atoms with van der Waals surface area (Å²) in [5.41, 5.74) is 7.01. The van der Waals surface area contributed by atoms with Gasteiger partial charge in [0.15, 0.2) is 0 Å². The molecule has 1 aromatic heterocycles. The molecule has 0 bridgehead atoms. The maximum Gasteiger partial charge on any atom is 0.261 e. The Morgan fingerprint density at radius 1 is 1.53 bits per heavy atom. The van der Waals surface area contributed by atoms with Gasteiger partial charge in [-0.25, -0.2) is 13.8 Å². The molecule has 82 valence electrons. The lowest BCUT2D eigenvalue weighted by Gasteiger charge is -2.13.